The van der Waals surface area contributed by atoms with Gasteiger partial charge in [-0.25, -0.2) is 4.39 Å². The van der Waals surface area contributed by atoms with Crippen molar-refractivity contribution >= 4 is 11.7 Å². The second-order valence-electron chi connectivity index (χ2n) is 5.12. The van der Waals surface area contributed by atoms with Crippen molar-refractivity contribution in [2.75, 3.05) is 12.3 Å². The van der Waals surface area contributed by atoms with Crippen LogP contribution < -0.4 is 11.1 Å². The van der Waals surface area contributed by atoms with E-state index >= 15 is 0 Å². The molecule has 0 spiro atoms. The molecule has 0 saturated heterocycles. The number of aryl methyl sites for hydroxylation is 1. The van der Waals surface area contributed by atoms with Crippen molar-refractivity contribution in [3.63, 3.8) is 0 Å². The van der Waals surface area contributed by atoms with Gasteiger partial charge in [-0.15, -0.1) is 0 Å². The molecule has 0 saturated carbocycles. The van der Waals surface area contributed by atoms with Crippen LogP contribution in [0.4, 0.5) is 10.2 Å². The van der Waals surface area contributed by atoms with Crippen molar-refractivity contribution in [2.45, 2.75) is 25.7 Å². The Morgan fingerprint density at radius 2 is 2.13 bits per heavy atom. The normalized spacial score (nSPS) is 10.3. The molecular formula is C16H18FN5O. The Kier molecular flexibility index (Phi) is 5.69. The largest absolute Gasteiger partial charge is 0.381 e. The Morgan fingerprint density at radius 3 is 2.87 bits per heavy atom. The van der Waals surface area contributed by atoms with Gasteiger partial charge in [-0.3, -0.25) is 9.89 Å². The van der Waals surface area contributed by atoms with E-state index in [0.717, 1.165) is 25.0 Å². The first-order chi connectivity index (χ1) is 11.1. The van der Waals surface area contributed by atoms with E-state index in [1.54, 1.807) is 12.1 Å². The Balaban J connectivity index is 1.67. The summed E-state index contributed by atoms with van der Waals surface area (Å²) in [5, 5.41) is 18.2. The van der Waals surface area contributed by atoms with Crippen molar-refractivity contribution < 1.29 is 9.18 Å². The lowest BCUT2D eigenvalue weighted by atomic mass is 10.1. The number of carbonyl (C=O) groups excluding carboxylic acids is 1. The smallest absolute Gasteiger partial charge is 0.254 e. The molecule has 2 rings (SSSR count). The molecule has 2 aromatic rings. The third-order valence-electron chi connectivity index (χ3n) is 3.49. The molecule has 0 fully saturated rings. The second-order valence-corrected chi connectivity index (χ2v) is 5.12. The van der Waals surface area contributed by atoms with Crippen molar-refractivity contribution in [1.29, 1.82) is 5.26 Å². The minimum Gasteiger partial charge on any atom is -0.381 e. The van der Waals surface area contributed by atoms with Crippen LogP contribution in [-0.4, -0.2) is 22.6 Å². The number of benzene rings is 1. The molecule has 0 bridgehead atoms. The number of halogens is 1. The number of nitriles is 1. The van der Waals surface area contributed by atoms with Crippen LogP contribution in [-0.2, 0) is 6.42 Å². The number of amides is 1. The number of carbonyl (C=O) groups is 1. The molecule has 1 heterocycles. The summed E-state index contributed by atoms with van der Waals surface area (Å²) in [6, 6.07) is 7.91. The first-order valence-corrected chi connectivity index (χ1v) is 7.39. The minimum atomic E-state index is -0.522. The molecule has 0 unspecified atom stereocenters. The monoisotopic (exact) mass is 315 g/mol. The van der Waals surface area contributed by atoms with Gasteiger partial charge in [0.15, 0.2) is 5.82 Å². The summed E-state index contributed by atoms with van der Waals surface area (Å²) in [5.41, 5.74) is 6.75. The Labute approximate surface area is 133 Å². The van der Waals surface area contributed by atoms with Gasteiger partial charge in [0.2, 0.25) is 0 Å². The van der Waals surface area contributed by atoms with Gasteiger partial charge in [-0.05, 0) is 31.4 Å². The summed E-state index contributed by atoms with van der Waals surface area (Å²) in [4.78, 5) is 11.8. The maximum Gasteiger partial charge on any atom is 0.254 e. The number of hydrogen-bond acceptors (Lipinski definition) is 4. The van der Waals surface area contributed by atoms with E-state index in [1.165, 1.54) is 12.1 Å². The number of hydrogen-bond donors (Lipinski definition) is 3. The maximum atomic E-state index is 13.4. The first kappa shape index (κ1) is 16.5. The van der Waals surface area contributed by atoms with Crippen LogP contribution in [0.15, 0.2) is 24.3 Å². The summed E-state index contributed by atoms with van der Waals surface area (Å²) in [7, 11) is 0. The summed E-state index contributed by atoms with van der Waals surface area (Å²) in [5.74, 6) is -0.707. The highest BCUT2D eigenvalue weighted by Gasteiger charge is 2.10. The topological polar surface area (TPSA) is 108 Å². The fraction of sp³-hybridized carbons (Fsp3) is 0.312. The molecule has 0 atom stereocenters. The average molecular weight is 315 g/mol. The van der Waals surface area contributed by atoms with E-state index < -0.39 is 11.7 Å². The molecule has 1 aromatic carbocycles. The number of nitrogens with zero attached hydrogens (tertiary/aromatic N) is 2. The van der Waals surface area contributed by atoms with Crippen LogP contribution in [0.3, 0.4) is 0 Å². The quantitative estimate of drug-likeness (QED) is 0.680. The van der Waals surface area contributed by atoms with Crippen LogP contribution >= 0.6 is 0 Å². The third kappa shape index (κ3) is 4.30. The Bertz CT molecular complexity index is 720. The minimum absolute atomic E-state index is 0.0547. The van der Waals surface area contributed by atoms with E-state index in [9.17, 15) is 9.18 Å². The van der Waals surface area contributed by atoms with Gasteiger partial charge in [0.25, 0.3) is 5.91 Å². The number of H-pyrrole nitrogens is 1. The summed E-state index contributed by atoms with van der Waals surface area (Å²) < 4.78 is 13.4. The van der Waals surface area contributed by atoms with Crippen LogP contribution in [0, 0.1) is 17.1 Å². The van der Waals surface area contributed by atoms with Crippen molar-refractivity contribution in [1.82, 2.24) is 15.5 Å². The van der Waals surface area contributed by atoms with Gasteiger partial charge in [0.1, 0.15) is 17.4 Å². The van der Waals surface area contributed by atoms with Crippen LogP contribution in [0.2, 0.25) is 0 Å². The zero-order valence-corrected chi connectivity index (χ0v) is 12.6. The van der Waals surface area contributed by atoms with Crippen molar-refractivity contribution in [3.8, 4) is 6.07 Å². The summed E-state index contributed by atoms with van der Waals surface area (Å²) in [6.07, 6.45) is 3.15. The molecule has 1 amide bonds. The van der Waals surface area contributed by atoms with Gasteiger partial charge < -0.3 is 11.1 Å². The fourth-order valence-electron chi connectivity index (χ4n) is 2.25. The van der Waals surface area contributed by atoms with Crippen LogP contribution in [0.25, 0.3) is 0 Å². The molecule has 0 radical (unpaired) electrons. The Morgan fingerprint density at radius 1 is 1.35 bits per heavy atom. The van der Waals surface area contributed by atoms with Crippen LogP contribution in [0.5, 0.6) is 0 Å². The van der Waals surface area contributed by atoms with E-state index in [-0.39, 0.29) is 11.4 Å². The average Bonchev–Trinajstić information content (AvgIpc) is 2.90. The molecule has 0 aliphatic heterocycles. The molecule has 0 aliphatic carbocycles. The lowest BCUT2D eigenvalue weighted by molar-refractivity contribution is 0.0949. The number of nitrogen functional groups attached to an aromatic ring is 1. The zero-order chi connectivity index (χ0) is 16.7. The molecular weight excluding hydrogens is 297 g/mol. The zero-order valence-electron chi connectivity index (χ0n) is 12.6. The summed E-state index contributed by atoms with van der Waals surface area (Å²) in [6.45, 7) is 0.476. The molecule has 0 aliphatic rings. The second kappa shape index (κ2) is 7.94. The van der Waals surface area contributed by atoms with Gasteiger partial charge in [0, 0.05) is 6.54 Å². The van der Waals surface area contributed by atoms with Gasteiger partial charge >= 0.3 is 0 Å². The molecule has 23 heavy (non-hydrogen) atoms. The fourth-order valence-corrected chi connectivity index (χ4v) is 2.25. The third-order valence-corrected chi connectivity index (χ3v) is 3.49. The number of rotatable bonds is 7. The first-order valence-electron chi connectivity index (χ1n) is 7.39. The van der Waals surface area contributed by atoms with Crippen molar-refractivity contribution in [2.24, 2.45) is 0 Å². The van der Waals surface area contributed by atoms with Gasteiger partial charge in [0.05, 0.1) is 11.3 Å². The number of nitrogens with two attached hydrogens (primary N) is 1. The molecule has 120 valence electrons. The number of unbranched alkanes of at least 4 members (excludes halogenated alkanes) is 2. The summed E-state index contributed by atoms with van der Waals surface area (Å²) >= 11 is 0. The maximum absolute atomic E-state index is 13.4. The highest BCUT2D eigenvalue weighted by atomic mass is 19.1. The standard InChI is InChI=1S/C16H18FN5O/c17-13-7-4-3-6-11(13)16(23)20-9-5-1-2-8-14-12(10-18)15(19)22-21-14/h3-4,6-7H,1-2,5,8-9H2,(H,20,23)(H3,19,21,22). The number of aromatic nitrogens is 2. The molecule has 7 heteroatoms. The Hall–Kier alpha value is -2.88. The predicted octanol–water partition coefficient (Wildman–Crippen LogP) is 2.15. The molecule has 4 N–H and O–H groups in total. The van der Waals surface area contributed by atoms with Crippen molar-refractivity contribution in [3.05, 3.63) is 46.9 Å². The van der Waals surface area contributed by atoms with Gasteiger partial charge in [-0.2, -0.15) is 10.4 Å². The van der Waals surface area contributed by atoms with E-state index in [4.69, 9.17) is 11.0 Å². The van der Waals surface area contributed by atoms with E-state index in [0.29, 0.717) is 18.5 Å². The number of anilines is 1. The van der Waals surface area contributed by atoms with E-state index in [2.05, 4.69) is 15.5 Å². The lowest BCUT2D eigenvalue weighted by Gasteiger charge is -2.06. The molecule has 1 aromatic heterocycles. The SMILES string of the molecule is N#Cc1c(N)n[nH]c1CCCCCNC(=O)c1ccccc1F. The van der Waals surface area contributed by atoms with Gasteiger partial charge in [-0.1, -0.05) is 18.6 Å². The molecule has 6 nitrogen and oxygen atoms in total. The highest BCUT2D eigenvalue weighted by Crippen LogP contribution is 2.14. The lowest BCUT2D eigenvalue weighted by Crippen LogP contribution is -2.25. The number of nitrogens with one attached hydrogen (secondary N) is 2. The predicted molar refractivity (Wildman–Crippen MR) is 84.0 cm³/mol. The highest BCUT2D eigenvalue weighted by molar-refractivity contribution is 5.94. The number of aromatic amines is 1. The van der Waals surface area contributed by atoms with Crippen LogP contribution in [0.1, 0.15) is 40.9 Å². The van der Waals surface area contributed by atoms with E-state index in [1.807, 2.05) is 6.07 Å².